The Kier molecular flexibility index (Phi) is 9.10. The van der Waals surface area contributed by atoms with Crippen molar-refractivity contribution in [1.29, 1.82) is 0 Å². The number of carboxylic acid groups (broad SMARTS) is 1. The van der Waals surface area contributed by atoms with Crippen LogP contribution in [0.5, 0.6) is 5.88 Å². The number of aromatic amines is 1. The molecule has 4 rings (SSSR count). The van der Waals surface area contributed by atoms with Crippen LogP contribution in [0.2, 0.25) is 0 Å². The molecule has 0 saturated heterocycles. The van der Waals surface area contributed by atoms with Crippen LogP contribution in [0.4, 0.5) is 18.9 Å². The fourth-order valence-electron chi connectivity index (χ4n) is 3.89. The number of aliphatic imine (C=N–C) groups is 1. The van der Waals surface area contributed by atoms with E-state index in [1.807, 2.05) is 25.1 Å². The molecule has 4 aromatic rings. The Bertz CT molecular complexity index is 1480. The van der Waals surface area contributed by atoms with Crippen molar-refractivity contribution < 1.29 is 33.0 Å². The summed E-state index contributed by atoms with van der Waals surface area (Å²) in [6.45, 7) is 3.58. The number of aliphatic carboxylic acids is 1. The number of alkyl halides is 3. The highest BCUT2D eigenvalue weighted by Crippen LogP contribution is 2.30. The standard InChI is InChI=1S/C26H26N4O2.C2HF3O2/c1-17(24-22-13-10-20(25(27)31)14-23(22)29-26(24)32)28-21-11-8-19(9-12-21)16-30(2)15-18-6-4-3-5-7-18;3-2(4,5)1(6)7/h3-14,29,32H,15-16H2,1-2H3,(H2,27,31);(H,6,7). The zero-order chi connectivity index (χ0) is 28.7. The number of amides is 1. The molecular formula is C28H27F3N4O4. The minimum absolute atomic E-state index is 0.0158. The third-order valence-corrected chi connectivity index (χ3v) is 5.65. The summed E-state index contributed by atoms with van der Waals surface area (Å²) in [6, 6.07) is 23.6. The van der Waals surface area contributed by atoms with Crippen molar-refractivity contribution >= 4 is 34.2 Å². The van der Waals surface area contributed by atoms with Crippen LogP contribution < -0.4 is 5.73 Å². The molecule has 0 saturated carbocycles. The third kappa shape index (κ3) is 7.92. The van der Waals surface area contributed by atoms with Gasteiger partial charge in [0.1, 0.15) is 0 Å². The van der Waals surface area contributed by atoms with E-state index >= 15 is 0 Å². The van der Waals surface area contributed by atoms with Gasteiger partial charge >= 0.3 is 12.1 Å². The van der Waals surface area contributed by atoms with Crippen LogP contribution in [0.25, 0.3) is 10.9 Å². The van der Waals surface area contributed by atoms with Crippen LogP contribution in [-0.2, 0) is 17.9 Å². The van der Waals surface area contributed by atoms with E-state index in [4.69, 9.17) is 15.6 Å². The van der Waals surface area contributed by atoms with E-state index in [0.717, 1.165) is 24.2 Å². The van der Waals surface area contributed by atoms with Gasteiger partial charge in [-0.05, 0) is 49.4 Å². The molecule has 0 aliphatic carbocycles. The lowest BCUT2D eigenvalue weighted by Gasteiger charge is -2.16. The molecule has 0 spiro atoms. The van der Waals surface area contributed by atoms with E-state index in [1.54, 1.807) is 18.2 Å². The van der Waals surface area contributed by atoms with Gasteiger partial charge in [0.25, 0.3) is 0 Å². The molecule has 0 fully saturated rings. The number of carbonyl (C=O) groups is 2. The van der Waals surface area contributed by atoms with Crippen LogP contribution in [0.1, 0.15) is 34.0 Å². The van der Waals surface area contributed by atoms with E-state index in [-0.39, 0.29) is 5.88 Å². The molecule has 11 heteroatoms. The lowest BCUT2D eigenvalue weighted by Crippen LogP contribution is -2.21. The van der Waals surface area contributed by atoms with Crippen molar-refractivity contribution in [2.45, 2.75) is 26.2 Å². The zero-order valence-corrected chi connectivity index (χ0v) is 21.2. The Morgan fingerprint density at radius 1 is 0.974 bits per heavy atom. The lowest BCUT2D eigenvalue weighted by molar-refractivity contribution is -0.192. The monoisotopic (exact) mass is 540 g/mol. The number of benzene rings is 3. The Balaban J connectivity index is 0.000000532. The molecule has 0 bridgehead atoms. The van der Waals surface area contributed by atoms with Crippen molar-refractivity contribution in [3.8, 4) is 5.88 Å². The highest BCUT2D eigenvalue weighted by molar-refractivity contribution is 6.13. The number of primary amides is 1. The first-order valence-corrected chi connectivity index (χ1v) is 11.7. The minimum atomic E-state index is -5.08. The summed E-state index contributed by atoms with van der Waals surface area (Å²) in [5, 5.41) is 18.3. The molecule has 8 nitrogen and oxygen atoms in total. The average Bonchev–Trinajstić information content (AvgIpc) is 3.20. The first-order valence-electron chi connectivity index (χ1n) is 11.7. The summed E-state index contributed by atoms with van der Waals surface area (Å²) in [6.07, 6.45) is -5.08. The molecule has 0 aliphatic heterocycles. The molecule has 0 aliphatic rings. The lowest BCUT2D eigenvalue weighted by atomic mass is 10.1. The number of carbonyl (C=O) groups excluding carboxylic acids is 1. The number of nitrogens with one attached hydrogen (secondary N) is 1. The summed E-state index contributed by atoms with van der Waals surface area (Å²) in [4.78, 5) is 30.2. The number of fused-ring (bicyclic) bond motifs is 1. The summed E-state index contributed by atoms with van der Waals surface area (Å²) in [5.41, 5.74) is 11.0. The number of halogens is 3. The Morgan fingerprint density at radius 2 is 1.54 bits per heavy atom. The van der Waals surface area contributed by atoms with Crippen molar-refractivity contribution in [2.75, 3.05) is 7.05 Å². The molecule has 0 unspecified atom stereocenters. The Labute approximate surface area is 222 Å². The van der Waals surface area contributed by atoms with Gasteiger partial charge in [-0.15, -0.1) is 0 Å². The molecule has 204 valence electrons. The van der Waals surface area contributed by atoms with E-state index in [1.165, 1.54) is 11.1 Å². The SMILES string of the molecule is CC(=Nc1ccc(CN(C)Cc2ccccc2)cc1)c1c(O)[nH]c2cc(C(N)=O)ccc12.O=C(O)C(F)(F)F. The van der Waals surface area contributed by atoms with Gasteiger partial charge in [0.05, 0.1) is 17.0 Å². The number of H-pyrrole nitrogens is 1. The maximum Gasteiger partial charge on any atom is 0.490 e. The van der Waals surface area contributed by atoms with Crippen LogP contribution >= 0.6 is 0 Å². The van der Waals surface area contributed by atoms with E-state index < -0.39 is 18.1 Å². The number of nitrogens with zero attached hydrogens (tertiary/aromatic N) is 2. The average molecular weight is 541 g/mol. The first kappa shape index (κ1) is 28.9. The summed E-state index contributed by atoms with van der Waals surface area (Å²) in [7, 11) is 2.10. The van der Waals surface area contributed by atoms with E-state index in [2.05, 4.69) is 58.3 Å². The van der Waals surface area contributed by atoms with Gasteiger partial charge in [0.15, 0.2) is 5.88 Å². The van der Waals surface area contributed by atoms with Gasteiger partial charge in [0.2, 0.25) is 5.91 Å². The molecule has 0 radical (unpaired) electrons. The summed E-state index contributed by atoms with van der Waals surface area (Å²) < 4.78 is 31.7. The van der Waals surface area contributed by atoms with Crippen LogP contribution in [0, 0.1) is 0 Å². The molecule has 1 heterocycles. The van der Waals surface area contributed by atoms with Crippen LogP contribution in [0.3, 0.4) is 0 Å². The van der Waals surface area contributed by atoms with Gasteiger partial charge in [0, 0.05) is 29.6 Å². The maximum atomic E-state index is 11.4. The number of hydrogen-bond acceptors (Lipinski definition) is 5. The van der Waals surface area contributed by atoms with E-state index in [0.29, 0.717) is 22.4 Å². The van der Waals surface area contributed by atoms with Crippen molar-refractivity contribution in [2.24, 2.45) is 10.7 Å². The molecule has 39 heavy (non-hydrogen) atoms. The van der Waals surface area contributed by atoms with Gasteiger partial charge in [-0.1, -0.05) is 48.5 Å². The maximum absolute atomic E-state index is 11.4. The normalized spacial score (nSPS) is 11.8. The third-order valence-electron chi connectivity index (χ3n) is 5.65. The number of hydrogen-bond donors (Lipinski definition) is 4. The number of nitrogens with two attached hydrogens (primary N) is 1. The fourth-order valence-corrected chi connectivity index (χ4v) is 3.89. The predicted molar refractivity (Wildman–Crippen MR) is 142 cm³/mol. The quantitative estimate of drug-likeness (QED) is 0.234. The molecule has 5 N–H and O–H groups in total. The van der Waals surface area contributed by atoms with E-state index in [9.17, 15) is 23.1 Å². The molecule has 1 aromatic heterocycles. The fraction of sp³-hybridized carbons (Fsp3) is 0.179. The molecule has 0 atom stereocenters. The second-order valence-electron chi connectivity index (χ2n) is 8.80. The van der Waals surface area contributed by atoms with Gasteiger partial charge in [-0.2, -0.15) is 13.2 Å². The highest BCUT2D eigenvalue weighted by atomic mass is 19.4. The number of aromatic nitrogens is 1. The van der Waals surface area contributed by atoms with Crippen LogP contribution in [0.15, 0.2) is 77.8 Å². The molecular weight excluding hydrogens is 513 g/mol. The smallest absolute Gasteiger partial charge is 0.490 e. The topological polar surface area (TPSA) is 132 Å². The largest absolute Gasteiger partial charge is 0.494 e. The van der Waals surface area contributed by atoms with Crippen molar-refractivity contribution in [1.82, 2.24) is 9.88 Å². The van der Waals surface area contributed by atoms with Gasteiger partial charge in [-0.3, -0.25) is 14.7 Å². The summed E-state index contributed by atoms with van der Waals surface area (Å²) in [5.74, 6) is -3.25. The summed E-state index contributed by atoms with van der Waals surface area (Å²) >= 11 is 0. The Hall–Kier alpha value is -4.64. The number of aromatic hydroxyl groups is 1. The Morgan fingerprint density at radius 3 is 2.08 bits per heavy atom. The number of carboxylic acids is 1. The van der Waals surface area contributed by atoms with Crippen LogP contribution in [-0.4, -0.2) is 50.9 Å². The second kappa shape index (κ2) is 12.3. The molecule has 1 amide bonds. The number of rotatable bonds is 7. The highest BCUT2D eigenvalue weighted by Gasteiger charge is 2.38. The van der Waals surface area contributed by atoms with Gasteiger partial charge in [-0.25, -0.2) is 4.79 Å². The zero-order valence-electron chi connectivity index (χ0n) is 21.2. The predicted octanol–water partition coefficient (Wildman–Crippen LogP) is 5.38. The van der Waals surface area contributed by atoms with Crippen molar-refractivity contribution in [3.05, 3.63) is 95.1 Å². The minimum Gasteiger partial charge on any atom is -0.494 e. The van der Waals surface area contributed by atoms with Gasteiger partial charge < -0.3 is 20.9 Å². The molecule has 3 aromatic carbocycles. The second-order valence-corrected chi connectivity index (χ2v) is 8.80. The van der Waals surface area contributed by atoms with Crippen molar-refractivity contribution in [3.63, 3.8) is 0 Å². The first-order chi connectivity index (χ1) is 18.3.